The lowest BCUT2D eigenvalue weighted by Gasteiger charge is -2.12. The number of hydrogen-bond donors (Lipinski definition) is 2. The highest BCUT2D eigenvalue weighted by Crippen LogP contribution is 2.33. The Morgan fingerprint density at radius 3 is 2.57 bits per heavy atom. The van der Waals surface area contributed by atoms with Crippen molar-refractivity contribution in [2.45, 2.75) is 20.5 Å². The Bertz CT molecular complexity index is 977. The number of anilines is 1. The number of rotatable bonds is 7. The van der Waals surface area contributed by atoms with E-state index in [1.807, 2.05) is 32.0 Å². The summed E-state index contributed by atoms with van der Waals surface area (Å²) in [5, 5.41) is 11.9. The van der Waals surface area contributed by atoms with Crippen molar-refractivity contribution in [1.29, 1.82) is 0 Å². The normalized spacial score (nSPS) is 10.6. The molecule has 0 bridgehead atoms. The SMILES string of the molecule is COc1cc(NC(=O)COc2ccc(C)cc2C)ccc1-c1ccc(CO)o1. The first-order chi connectivity index (χ1) is 13.5. The second-order valence-electron chi connectivity index (χ2n) is 6.44. The van der Waals surface area contributed by atoms with E-state index in [9.17, 15) is 4.79 Å². The zero-order valence-corrected chi connectivity index (χ0v) is 16.1. The third-order valence-corrected chi connectivity index (χ3v) is 4.26. The van der Waals surface area contributed by atoms with E-state index in [2.05, 4.69) is 5.32 Å². The highest BCUT2D eigenvalue weighted by Gasteiger charge is 2.13. The van der Waals surface area contributed by atoms with Gasteiger partial charge in [0.2, 0.25) is 0 Å². The molecule has 0 aliphatic rings. The zero-order chi connectivity index (χ0) is 20.1. The maximum absolute atomic E-state index is 12.2. The molecule has 2 aromatic carbocycles. The number of aliphatic hydroxyl groups is 1. The van der Waals surface area contributed by atoms with Crippen molar-refractivity contribution in [1.82, 2.24) is 0 Å². The summed E-state index contributed by atoms with van der Waals surface area (Å²) in [6.07, 6.45) is 0. The van der Waals surface area contributed by atoms with Crippen LogP contribution in [0.4, 0.5) is 5.69 Å². The van der Waals surface area contributed by atoms with Crippen molar-refractivity contribution in [3.8, 4) is 22.8 Å². The van der Waals surface area contributed by atoms with Gasteiger partial charge in [0.15, 0.2) is 6.61 Å². The number of nitrogens with one attached hydrogen (secondary N) is 1. The van der Waals surface area contributed by atoms with Gasteiger partial charge in [-0.1, -0.05) is 17.7 Å². The van der Waals surface area contributed by atoms with Crippen molar-refractivity contribution in [2.75, 3.05) is 19.0 Å². The number of amides is 1. The molecule has 6 nitrogen and oxygen atoms in total. The van der Waals surface area contributed by atoms with Crippen LogP contribution in [0.2, 0.25) is 0 Å². The molecule has 1 amide bonds. The second-order valence-corrected chi connectivity index (χ2v) is 6.44. The molecule has 0 aliphatic heterocycles. The van der Waals surface area contributed by atoms with Crippen LogP contribution in [0.3, 0.4) is 0 Å². The number of furan rings is 1. The minimum Gasteiger partial charge on any atom is -0.496 e. The third-order valence-electron chi connectivity index (χ3n) is 4.26. The van der Waals surface area contributed by atoms with Gasteiger partial charge in [-0.2, -0.15) is 0 Å². The number of hydrogen-bond acceptors (Lipinski definition) is 5. The second kappa shape index (κ2) is 8.63. The average Bonchev–Trinajstić information content (AvgIpc) is 3.16. The third kappa shape index (κ3) is 4.53. The molecule has 3 aromatic rings. The van der Waals surface area contributed by atoms with E-state index in [1.165, 1.54) is 0 Å². The predicted molar refractivity (Wildman–Crippen MR) is 107 cm³/mol. The predicted octanol–water partition coefficient (Wildman–Crippen LogP) is 4.08. The molecule has 0 radical (unpaired) electrons. The number of ether oxygens (including phenoxy) is 2. The summed E-state index contributed by atoms with van der Waals surface area (Å²) in [5.41, 5.74) is 3.44. The van der Waals surface area contributed by atoms with Crippen LogP contribution in [-0.2, 0) is 11.4 Å². The first kappa shape index (κ1) is 19.5. The molecule has 3 rings (SSSR count). The van der Waals surface area contributed by atoms with Crippen LogP contribution in [0, 0.1) is 13.8 Å². The maximum atomic E-state index is 12.2. The van der Waals surface area contributed by atoms with Gasteiger partial charge in [0, 0.05) is 11.8 Å². The fourth-order valence-corrected chi connectivity index (χ4v) is 2.88. The number of aryl methyl sites for hydroxylation is 2. The first-order valence-electron chi connectivity index (χ1n) is 8.88. The molecular weight excluding hydrogens is 358 g/mol. The Kier molecular flexibility index (Phi) is 6.01. The molecule has 0 spiro atoms. The Morgan fingerprint density at radius 2 is 1.89 bits per heavy atom. The highest BCUT2D eigenvalue weighted by molar-refractivity contribution is 5.92. The van der Waals surface area contributed by atoms with Crippen LogP contribution in [0.5, 0.6) is 11.5 Å². The van der Waals surface area contributed by atoms with Crippen molar-refractivity contribution in [2.24, 2.45) is 0 Å². The first-order valence-corrected chi connectivity index (χ1v) is 8.88. The summed E-state index contributed by atoms with van der Waals surface area (Å²) in [7, 11) is 1.55. The minimum absolute atomic E-state index is 0.0913. The Morgan fingerprint density at radius 1 is 1.07 bits per heavy atom. The quantitative estimate of drug-likeness (QED) is 0.644. The van der Waals surface area contributed by atoms with Gasteiger partial charge in [-0.05, 0) is 49.7 Å². The summed E-state index contributed by atoms with van der Waals surface area (Å²) in [4.78, 5) is 12.2. The van der Waals surface area contributed by atoms with Crippen molar-refractivity contribution in [3.63, 3.8) is 0 Å². The lowest BCUT2D eigenvalue weighted by atomic mass is 10.1. The number of aliphatic hydroxyl groups excluding tert-OH is 1. The molecule has 1 heterocycles. The van der Waals surface area contributed by atoms with Gasteiger partial charge in [0.25, 0.3) is 5.91 Å². The smallest absolute Gasteiger partial charge is 0.262 e. The number of carbonyl (C=O) groups excluding carboxylic acids is 1. The van der Waals surface area contributed by atoms with Crippen LogP contribution in [0.25, 0.3) is 11.3 Å². The molecule has 28 heavy (non-hydrogen) atoms. The van der Waals surface area contributed by atoms with E-state index in [0.717, 1.165) is 16.7 Å². The Balaban J connectivity index is 1.67. The van der Waals surface area contributed by atoms with Gasteiger partial charge in [0.1, 0.15) is 29.6 Å². The van der Waals surface area contributed by atoms with E-state index in [1.54, 1.807) is 37.4 Å². The molecule has 2 N–H and O–H groups in total. The molecule has 1 aromatic heterocycles. The van der Waals surface area contributed by atoms with Gasteiger partial charge in [-0.25, -0.2) is 0 Å². The standard InChI is InChI=1S/C22H23NO5/c1-14-4-8-19(15(2)10-14)27-13-22(25)23-16-5-7-18(21(11-16)26-3)20-9-6-17(12-24)28-20/h4-11,24H,12-13H2,1-3H3,(H,23,25). The van der Waals surface area contributed by atoms with E-state index in [0.29, 0.717) is 28.7 Å². The molecule has 0 atom stereocenters. The molecule has 0 fully saturated rings. The van der Waals surface area contributed by atoms with E-state index in [4.69, 9.17) is 19.0 Å². The average molecular weight is 381 g/mol. The van der Waals surface area contributed by atoms with Crippen LogP contribution >= 0.6 is 0 Å². The summed E-state index contributed by atoms with van der Waals surface area (Å²) in [6.45, 7) is 3.69. The van der Waals surface area contributed by atoms with Gasteiger partial charge < -0.3 is 24.3 Å². The summed E-state index contributed by atoms with van der Waals surface area (Å²) >= 11 is 0. The molecular formula is C22H23NO5. The number of carbonyl (C=O) groups is 1. The largest absolute Gasteiger partial charge is 0.496 e. The molecule has 6 heteroatoms. The molecule has 0 saturated carbocycles. The molecule has 0 saturated heterocycles. The summed E-state index contributed by atoms with van der Waals surface area (Å²) in [6, 6.07) is 14.5. The van der Waals surface area contributed by atoms with Gasteiger partial charge >= 0.3 is 0 Å². The molecule has 0 unspecified atom stereocenters. The van der Waals surface area contributed by atoms with Crippen molar-refractivity contribution in [3.05, 3.63) is 65.4 Å². The zero-order valence-electron chi connectivity index (χ0n) is 16.1. The van der Waals surface area contributed by atoms with E-state index >= 15 is 0 Å². The number of methoxy groups -OCH3 is 1. The van der Waals surface area contributed by atoms with Crippen molar-refractivity contribution < 1.29 is 23.8 Å². The summed E-state index contributed by atoms with van der Waals surface area (Å²) in [5.74, 6) is 2.02. The van der Waals surface area contributed by atoms with Gasteiger partial charge in [-0.15, -0.1) is 0 Å². The Labute approximate surface area is 163 Å². The highest BCUT2D eigenvalue weighted by atomic mass is 16.5. The van der Waals surface area contributed by atoms with Crippen molar-refractivity contribution >= 4 is 11.6 Å². The fourth-order valence-electron chi connectivity index (χ4n) is 2.88. The van der Waals surface area contributed by atoms with Crippen LogP contribution in [0.1, 0.15) is 16.9 Å². The van der Waals surface area contributed by atoms with Crippen LogP contribution in [0.15, 0.2) is 52.9 Å². The van der Waals surface area contributed by atoms with Crippen LogP contribution < -0.4 is 14.8 Å². The van der Waals surface area contributed by atoms with E-state index < -0.39 is 0 Å². The summed E-state index contributed by atoms with van der Waals surface area (Å²) < 4.78 is 16.6. The van der Waals surface area contributed by atoms with E-state index in [-0.39, 0.29) is 19.1 Å². The molecule has 0 aliphatic carbocycles. The van der Waals surface area contributed by atoms with Gasteiger partial charge in [0.05, 0.1) is 12.7 Å². The lowest BCUT2D eigenvalue weighted by Crippen LogP contribution is -2.20. The minimum atomic E-state index is -0.268. The topological polar surface area (TPSA) is 80.9 Å². The fraction of sp³-hybridized carbons (Fsp3) is 0.227. The lowest BCUT2D eigenvalue weighted by molar-refractivity contribution is -0.118. The monoisotopic (exact) mass is 381 g/mol. The maximum Gasteiger partial charge on any atom is 0.262 e. The number of benzene rings is 2. The van der Waals surface area contributed by atoms with Crippen LogP contribution in [-0.4, -0.2) is 24.7 Å². The molecule has 146 valence electrons. The Hall–Kier alpha value is -3.25. The van der Waals surface area contributed by atoms with Gasteiger partial charge in [-0.3, -0.25) is 4.79 Å².